The van der Waals surface area contributed by atoms with Crippen molar-refractivity contribution in [3.05, 3.63) is 11.4 Å². The summed E-state index contributed by atoms with van der Waals surface area (Å²) in [6.45, 7) is 2.25. The Morgan fingerprint density at radius 3 is 2.92 bits per heavy atom. The summed E-state index contributed by atoms with van der Waals surface area (Å²) in [7, 11) is 1.55. The molecule has 0 radical (unpaired) electrons. The van der Waals surface area contributed by atoms with Gasteiger partial charge in [0.1, 0.15) is 5.69 Å². The van der Waals surface area contributed by atoms with Crippen molar-refractivity contribution in [2.75, 3.05) is 13.7 Å². The smallest absolute Gasteiger partial charge is 0.358 e. The number of ether oxygens (including phenoxy) is 1. The minimum absolute atomic E-state index is 0.0375. The molecule has 72 valence electrons. The predicted molar refractivity (Wildman–Crippen MR) is 43.6 cm³/mol. The largest absolute Gasteiger partial charge is 0.476 e. The highest BCUT2D eigenvalue weighted by Gasteiger charge is 2.19. The molecule has 1 rings (SSSR count). The highest BCUT2D eigenvalue weighted by Crippen LogP contribution is 2.15. The average Bonchev–Trinajstić information content (AvgIpc) is 2.52. The van der Waals surface area contributed by atoms with Crippen LogP contribution in [0.25, 0.3) is 0 Å². The highest BCUT2D eigenvalue weighted by molar-refractivity contribution is 5.86. The molecule has 0 aliphatic carbocycles. The molecule has 0 aliphatic rings. The maximum atomic E-state index is 10.6. The van der Waals surface area contributed by atoms with Crippen LogP contribution in [0, 0.1) is 0 Å². The van der Waals surface area contributed by atoms with E-state index < -0.39 is 5.97 Å². The first-order valence-corrected chi connectivity index (χ1v) is 3.79. The van der Waals surface area contributed by atoms with Crippen LogP contribution in [0.3, 0.4) is 0 Å². The number of nitrogens with one attached hydrogen (secondary N) is 1. The Morgan fingerprint density at radius 1 is 1.69 bits per heavy atom. The zero-order valence-corrected chi connectivity index (χ0v) is 7.44. The SMILES string of the molecule is COCC(C)c1n[nH]nc1C(=O)O. The van der Waals surface area contributed by atoms with Crippen molar-refractivity contribution >= 4 is 5.97 Å². The minimum Gasteiger partial charge on any atom is -0.476 e. The Bertz CT molecular complexity index is 297. The van der Waals surface area contributed by atoms with Gasteiger partial charge >= 0.3 is 5.97 Å². The molecule has 0 bridgehead atoms. The number of H-pyrrole nitrogens is 1. The van der Waals surface area contributed by atoms with Crippen LogP contribution in [-0.4, -0.2) is 40.2 Å². The summed E-state index contributed by atoms with van der Waals surface area (Å²) in [5, 5.41) is 18.3. The predicted octanol–water partition coefficient (Wildman–Crippen LogP) is 0.253. The number of carboxylic acids is 1. The summed E-state index contributed by atoms with van der Waals surface area (Å²) in [4.78, 5) is 10.6. The van der Waals surface area contributed by atoms with E-state index in [1.165, 1.54) is 0 Å². The van der Waals surface area contributed by atoms with Crippen molar-refractivity contribution in [1.82, 2.24) is 15.4 Å². The van der Waals surface area contributed by atoms with E-state index in [0.717, 1.165) is 0 Å². The quantitative estimate of drug-likeness (QED) is 0.702. The topological polar surface area (TPSA) is 88.1 Å². The van der Waals surface area contributed by atoms with Crippen LogP contribution >= 0.6 is 0 Å². The number of rotatable bonds is 4. The first kappa shape index (κ1) is 9.66. The second-order valence-electron chi connectivity index (χ2n) is 2.72. The van der Waals surface area contributed by atoms with Crippen LogP contribution in [-0.2, 0) is 4.74 Å². The van der Waals surface area contributed by atoms with E-state index in [1.54, 1.807) is 7.11 Å². The van der Waals surface area contributed by atoms with Crippen molar-refractivity contribution < 1.29 is 14.6 Å². The third kappa shape index (κ3) is 2.03. The lowest BCUT2D eigenvalue weighted by Crippen LogP contribution is -2.08. The molecule has 0 amide bonds. The highest BCUT2D eigenvalue weighted by atomic mass is 16.5. The summed E-state index contributed by atoms with van der Waals surface area (Å²) >= 11 is 0. The lowest BCUT2D eigenvalue weighted by atomic mass is 10.1. The first-order valence-electron chi connectivity index (χ1n) is 3.79. The Balaban J connectivity index is 2.86. The summed E-state index contributed by atoms with van der Waals surface area (Å²) in [5.41, 5.74) is 0.388. The molecule has 0 spiro atoms. The Morgan fingerprint density at radius 2 is 2.38 bits per heavy atom. The molecule has 1 heterocycles. The number of aromatic nitrogens is 3. The van der Waals surface area contributed by atoms with Gasteiger partial charge in [0.15, 0.2) is 5.69 Å². The monoisotopic (exact) mass is 185 g/mol. The number of carbonyl (C=O) groups is 1. The zero-order chi connectivity index (χ0) is 9.84. The maximum absolute atomic E-state index is 10.6. The molecule has 1 aromatic heterocycles. The molecule has 6 nitrogen and oxygen atoms in total. The van der Waals surface area contributed by atoms with Gasteiger partial charge in [0, 0.05) is 13.0 Å². The number of hydrogen-bond acceptors (Lipinski definition) is 4. The third-order valence-corrected chi connectivity index (χ3v) is 1.66. The molecule has 2 N–H and O–H groups in total. The fourth-order valence-corrected chi connectivity index (χ4v) is 1.07. The van der Waals surface area contributed by atoms with Crippen molar-refractivity contribution in [3.63, 3.8) is 0 Å². The zero-order valence-electron chi connectivity index (χ0n) is 7.44. The second-order valence-corrected chi connectivity index (χ2v) is 2.72. The van der Waals surface area contributed by atoms with Gasteiger partial charge in [-0.15, -0.1) is 5.10 Å². The van der Waals surface area contributed by atoms with Crippen LogP contribution in [0.4, 0.5) is 0 Å². The minimum atomic E-state index is -1.08. The Kier molecular flexibility index (Phi) is 2.97. The molecule has 0 fully saturated rings. The molecular weight excluding hydrogens is 174 g/mol. The number of aromatic carboxylic acids is 1. The van der Waals surface area contributed by atoms with E-state index in [0.29, 0.717) is 12.3 Å². The summed E-state index contributed by atoms with van der Waals surface area (Å²) in [5.74, 6) is -1.15. The molecule has 1 unspecified atom stereocenters. The van der Waals surface area contributed by atoms with Gasteiger partial charge in [-0.25, -0.2) is 4.79 Å². The average molecular weight is 185 g/mol. The maximum Gasteiger partial charge on any atom is 0.358 e. The van der Waals surface area contributed by atoms with Gasteiger partial charge in [-0.1, -0.05) is 6.92 Å². The number of carboxylic acid groups (broad SMARTS) is 1. The number of methoxy groups -OCH3 is 1. The van der Waals surface area contributed by atoms with Crippen molar-refractivity contribution in [1.29, 1.82) is 0 Å². The number of hydrogen-bond donors (Lipinski definition) is 2. The first-order chi connectivity index (χ1) is 6.16. The van der Waals surface area contributed by atoms with Crippen LogP contribution in [0.1, 0.15) is 29.0 Å². The fraction of sp³-hybridized carbons (Fsp3) is 0.571. The summed E-state index contributed by atoms with van der Waals surface area (Å²) < 4.78 is 4.89. The van der Waals surface area contributed by atoms with E-state index in [-0.39, 0.29) is 11.6 Å². The van der Waals surface area contributed by atoms with Crippen molar-refractivity contribution in [2.45, 2.75) is 12.8 Å². The lowest BCUT2D eigenvalue weighted by Gasteiger charge is -2.06. The van der Waals surface area contributed by atoms with Gasteiger partial charge in [0.2, 0.25) is 0 Å². The van der Waals surface area contributed by atoms with Gasteiger partial charge in [0.05, 0.1) is 6.61 Å². The fourth-order valence-electron chi connectivity index (χ4n) is 1.07. The third-order valence-electron chi connectivity index (χ3n) is 1.66. The Hall–Kier alpha value is -1.43. The van der Waals surface area contributed by atoms with E-state index >= 15 is 0 Å². The van der Waals surface area contributed by atoms with E-state index in [1.807, 2.05) is 6.92 Å². The summed E-state index contributed by atoms with van der Waals surface area (Å²) in [6, 6.07) is 0. The molecule has 0 saturated heterocycles. The van der Waals surface area contributed by atoms with Crippen LogP contribution < -0.4 is 0 Å². The van der Waals surface area contributed by atoms with Crippen LogP contribution in [0.5, 0.6) is 0 Å². The molecule has 13 heavy (non-hydrogen) atoms. The van der Waals surface area contributed by atoms with Crippen LogP contribution in [0.2, 0.25) is 0 Å². The lowest BCUT2D eigenvalue weighted by molar-refractivity contribution is 0.0687. The van der Waals surface area contributed by atoms with Crippen molar-refractivity contribution in [3.8, 4) is 0 Å². The molecular formula is C7H11N3O3. The van der Waals surface area contributed by atoms with Gasteiger partial charge in [-0.05, 0) is 0 Å². The normalized spacial score (nSPS) is 12.8. The van der Waals surface area contributed by atoms with Gasteiger partial charge < -0.3 is 9.84 Å². The molecule has 1 aromatic rings. The van der Waals surface area contributed by atoms with Crippen LogP contribution in [0.15, 0.2) is 0 Å². The molecule has 0 aromatic carbocycles. The van der Waals surface area contributed by atoms with E-state index in [9.17, 15) is 4.79 Å². The molecule has 1 atom stereocenters. The summed E-state index contributed by atoms with van der Waals surface area (Å²) in [6.07, 6.45) is 0. The molecule has 0 saturated carbocycles. The van der Waals surface area contributed by atoms with Gasteiger partial charge in [0.25, 0.3) is 0 Å². The van der Waals surface area contributed by atoms with E-state index in [4.69, 9.17) is 9.84 Å². The molecule has 0 aliphatic heterocycles. The van der Waals surface area contributed by atoms with Gasteiger partial charge in [-0.3, -0.25) is 0 Å². The number of nitrogens with zero attached hydrogens (tertiary/aromatic N) is 2. The molecule has 6 heteroatoms. The second kappa shape index (κ2) is 3.99. The van der Waals surface area contributed by atoms with Crippen molar-refractivity contribution in [2.24, 2.45) is 0 Å². The number of aromatic amines is 1. The Labute approximate surface area is 74.9 Å². The van der Waals surface area contributed by atoms with Gasteiger partial charge in [-0.2, -0.15) is 10.3 Å². The van der Waals surface area contributed by atoms with E-state index in [2.05, 4.69) is 15.4 Å². The standard InChI is InChI=1S/C7H11N3O3/c1-4(3-13-2)5-6(7(11)12)9-10-8-5/h4H,3H2,1-2H3,(H,11,12)(H,8,9,10).